The molecule has 1 rings (SSSR count). The van der Waals surface area contributed by atoms with E-state index < -0.39 is 0 Å². The van der Waals surface area contributed by atoms with Gasteiger partial charge in [0.2, 0.25) is 0 Å². The Morgan fingerprint density at radius 3 is 2.56 bits per heavy atom. The summed E-state index contributed by atoms with van der Waals surface area (Å²) in [5.74, 6) is 5.13. The molecule has 1 aliphatic rings. The molecule has 1 heterocycles. The van der Waals surface area contributed by atoms with Crippen LogP contribution in [0, 0.1) is 0 Å². The molecule has 1 fully saturated rings. The molecule has 0 aromatic rings. The molecule has 0 aromatic heterocycles. The molecule has 0 aliphatic carbocycles. The van der Waals surface area contributed by atoms with Crippen LogP contribution < -0.4 is 11.3 Å². The smallest absolute Gasteiger partial charge is 0.0225 e. The van der Waals surface area contributed by atoms with Gasteiger partial charge < -0.3 is 4.90 Å². The fourth-order valence-corrected chi connectivity index (χ4v) is 1.23. The summed E-state index contributed by atoms with van der Waals surface area (Å²) in [4.78, 5) is 2.43. The lowest BCUT2D eigenvalue weighted by Crippen LogP contribution is -2.33. The van der Waals surface area contributed by atoms with Crippen LogP contribution >= 0.6 is 0 Å². The predicted octanol–water partition coefficient (Wildman–Crippen LogP) is -0.455. The van der Waals surface area contributed by atoms with E-state index in [4.69, 9.17) is 5.84 Å². The van der Waals surface area contributed by atoms with Crippen molar-refractivity contribution >= 4 is 0 Å². The van der Waals surface area contributed by atoms with Gasteiger partial charge in [-0.25, -0.2) is 0 Å². The molecule has 0 aromatic carbocycles. The maximum Gasteiger partial charge on any atom is 0.0225 e. The van der Waals surface area contributed by atoms with Crippen LogP contribution in [0.3, 0.4) is 0 Å². The van der Waals surface area contributed by atoms with Gasteiger partial charge in [0.1, 0.15) is 0 Å². The molecular formula is C6H15N3. The standard InChI is InChI=1S/C6H15N3/c7-8-3-6-9-4-1-2-5-9/h8H,1-7H2. The molecule has 3 heteroatoms. The number of hydrogen-bond donors (Lipinski definition) is 2. The van der Waals surface area contributed by atoms with Crippen molar-refractivity contribution in [1.82, 2.24) is 10.3 Å². The Bertz CT molecular complexity index is 68.7. The maximum absolute atomic E-state index is 5.13. The van der Waals surface area contributed by atoms with E-state index in [0.717, 1.165) is 13.1 Å². The van der Waals surface area contributed by atoms with E-state index in [1.165, 1.54) is 25.9 Å². The molecule has 54 valence electrons. The molecule has 3 nitrogen and oxygen atoms in total. The molecule has 0 radical (unpaired) electrons. The molecule has 1 aliphatic heterocycles. The summed E-state index contributed by atoms with van der Waals surface area (Å²) >= 11 is 0. The Balaban J connectivity index is 1.98. The Labute approximate surface area is 56.2 Å². The second-order valence-electron chi connectivity index (χ2n) is 2.50. The van der Waals surface area contributed by atoms with Crippen molar-refractivity contribution in [3.8, 4) is 0 Å². The number of rotatable bonds is 3. The van der Waals surface area contributed by atoms with Crippen molar-refractivity contribution in [2.75, 3.05) is 26.2 Å². The average molecular weight is 129 g/mol. The van der Waals surface area contributed by atoms with Gasteiger partial charge in [-0.15, -0.1) is 0 Å². The highest BCUT2D eigenvalue weighted by Gasteiger charge is 2.09. The highest BCUT2D eigenvalue weighted by Crippen LogP contribution is 2.04. The molecule has 0 bridgehead atoms. The summed E-state index contributed by atoms with van der Waals surface area (Å²) < 4.78 is 0. The largest absolute Gasteiger partial charge is 0.302 e. The Hall–Kier alpha value is -0.120. The molecule has 0 amide bonds. The summed E-state index contributed by atoms with van der Waals surface area (Å²) in [5.41, 5.74) is 2.65. The third-order valence-electron chi connectivity index (χ3n) is 1.77. The lowest BCUT2D eigenvalue weighted by Gasteiger charge is -2.12. The first-order valence-corrected chi connectivity index (χ1v) is 3.59. The zero-order chi connectivity index (χ0) is 6.53. The van der Waals surface area contributed by atoms with Gasteiger partial charge in [-0.05, 0) is 25.9 Å². The Morgan fingerprint density at radius 2 is 2.00 bits per heavy atom. The monoisotopic (exact) mass is 129 g/mol. The van der Waals surface area contributed by atoms with E-state index in [-0.39, 0.29) is 0 Å². The van der Waals surface area contributed by atoms with Crippen molar-refractivity contribution in [3.05, 3.63) is 0 Å². The highest BCUT2D eigenvalue weighted by molar-refractivity contribution is 4.65. The zero-order valence-corrected chi connectivity index (χ0v) is 5.77. The van der Waals surface area contributed by atoms with Crippen LogP contribution in [0.1, 0.15) is 12.8 Å². The van der Waals surface area contributed by atoms with Gasteiger partial charge >= 0.3 is 0 Å². The first-order valence-electron chi connectivity index (χ1n) is 3.59. The van der Waals surface area contributed by atoms with E-state index in [9.17, 15) is 0 Å². The fraction of sp³-hybridized carbons (Fsp3) is 1.00. The van der Waals surface area contributed by atoms with Crippen molar-refractivity contribution in [2.24, 2.45) is 5.84 Å². The number of nitrogens with one attached hydrogen (secondary N) is 1. The zero-order valence-electron chi connectivity index (χ0n) is 5.77. The Morgan fingerprint density at radius 1 is 1.33 bits per heavy atom. The van der Waals surface area contributed by atoms with Crippen LogP contribution in [0.5, 0.6) is 0 Å². The molecule has 0 unspecified atom stereocenters. The first-order chi connectivity index (χ1) is 4.43. The fourth-order valence-electron chi connectivity index (χ4n) is 1.23. The Kier molecular flexibility index (Phi) is 2.97. The minimum Gasteiger partial charge on any atom is -0.302 e. The van der Waals surface area contributed by atoms with E-state index in [1.54, 1.807) is 0 Å². The number of nitrogens with zero attached hydrogens (tertiary/aromatic N) is 1. The predicted molar refractivity (Wildman–Crippen MR) is 37.9 cm³/mol. The quantitative estimate of drug-likeness (QED) is 0.400. The molecule has 3 N–H and O–H groups in total. The van der Waals surface area contributed by atoms with Crippen LogP contribution in [-0.2, 0) is 0 Å². The van der Waals surface area contributed by atoms with E-state index >= 15 is 0 Å². The SMILES string of the molecule is NNCCN1CCCC1. The third kappa shape index (κ3) is 2.30. The van der Waals surface area contributed by atoms with E-state index in [2.05, 4.69) is 10.3 Å². The summed E-state index contributed by atoms with van der Waals surface area (Å²) in [6, 6.07) is 0. The normalized spacial score (nSPS) is 21.0. The second kappa shape index (κ2) is 3.82. The topological polar surface area (TPSA) is 41.3 Å². The second-order valence-corrected chi connectivity index (χ2v) is 2.50. The molecule has 0 spiro atoms. The number of hydrogen-bond acceptors (Lipinski definition) is 3. The van der Waals surface area contributed by atoms with E-state index in [0.29, 0.717) is 0 Å². The summed E-state index contributed by atoms with van der Waals surface area (Å²) in [7, 11) is 0. The van der Waals surface area contributed by atoms with Crippen LogP contribution in [0.15, 0.2) is 0 Å². The summed E-state index contributed by atoms with van der Waals surface area (Å²) in [6.45, 7) is 4.56. The lowest BCUT2D eigenvalue weighted by atomic mass is 10.4. The number of nitrogens with two attached hydrogens (primary N) is 1. The van der Waals surface area contributed by atoms with Crippen LogP contribution in [0.2, 0.25) is 0 Å². The highest BCUT2D eigenvalue weighted by atomic mass is 15.2. The van der Waals surface area contributed by atoms with Gasteiger partial charge in [0.15, 0.2) is 0 Å². The summed E-state index contributed by atoms with van der Waals surface area (Å²) in [6.07, 6.45) is 2.73. The van der Waals surface area contributed by atoms with E-state index in [1.807, 2.05) is 0 Å². The number of hydrazine groups is 1. The van der Waals surface area contributed by atoms with Crippen molar-refractivity contribution in [2.45, 2.75) is 12.8 Å². The van der Waals surface area contributed by atoms with Gasteiger partial charge in [0, 0.05) is 13.1 Å². The molecule has 0 saturated carbocycles. The van der Waals surface area contributed by atoms with Crippen molar-refractivity contribution < 1.29 is 0 Å². The summed E-state index contributed by atoms with van der Waals surface area (Å²) in [5, 5.41) is 0. The van der Waals surface area contributed by atoms with Gasteiger partial charge in [-0.1, -0.05) is 0 Å². The van der Waals surface area contributed by atoms with Crippen LogP contribution in [0.25, 0.3) is 0 Å². The van der Waals surface area contributed by atoms with Gasteiger partial charge in [-0.3, -0.25) is 11.3 Å². The van der Waals surface area contributed by atoms with Crippen LogP contribution in [-0.4, -0.2) is 31.1 Å². The minimum atomic E-state index is 0.917. The number of likely N-dealkylation sites (tertiary alicyclic amines) is 1. The van der Waals surface area contributed by atoms with Crippen LogP contribution in [0.4, 0.5) is 0 Å². The molecular weight excluding hydrogens is 114 g/mol. The van der Waals surface area contributed by atoms with Gasteiger partial charge in [0.05, 0.1) is 0 Å². The first kappa shape index (κ1) is 6.99. The molecule has 0 atom stereocenters. The van der Waals surface area contributed by atoms with Gasteiger partial charge in [-0.2, -0.15) is 0 Å². The average Bonchev–Trinajstić information content (AvgIpc) is 2.34. The van der Waals surface area contributed by atoms with Crippen molar-refractivity contribution in [3.63, 3.8) is 0 Å². The molecule has 1 saturated heterocycles. The molecule has 9 heavy (non-hydrogen) atoms. The third-order valence-corrected chi connectivity index (χ3v) is 1.77. The maximum atomic E-state index is 5.13. The van der Waals surface area contributed by atoms with Gasteiger partial charge in [0.25, 0.3) is 0 Å². The van der Waals surface area contributed by atoms with Crippen molar-refractivity contribution in [1.29, 1.82) is 0 Å². The minimum absolute atomic E-state index is 0.917. The lowest BCUT2D eigenvalue weighted by molar-refractivity contribution is 0.337.